The summed E-state index contributed by atoms with van der Waals surface area (Å²) in [6.07, 6.45) is 0. The van der Waals surface area contributed by atoms with Crippen molar-refractivity contribution < 1.29 is 25.9 Å². The normalized spacial score (nSPS) is 12.7. The minimum atomic E-state index is -5.25. The van der Waals surface area contributed by atoms with Crippen molar-refractivity contribution in [1.29, 1.82) is 0 Å². The molecule has 0 aromatic heterocycles. The van der Waals surface area contributed by atoms with Gasteiger partial charge in [0.05, 0.1) is 0 Å². The standard InChI is InChI=1S/C3H7NO2Se.H2O4Se/c4-2(1-7)3(5)6;1-5(2,3)4/h2,7H,1,4H2,(H,5,6);(H2,1,2,3,4). The van der Waals surface area contributed by atoms with Crippen LogP contribution < -0.4 is 5.73 Å². The van der Waals surface area contributed by atoms with Crippen molar-refractivity contribution in [3.05, 3.63) is 0 Å². The van der Waals surface area contributed by atoms with Gasteiger partial charge in [0, 0.05) is 0 Å². The number of rotatable bonds is 2. The second kappa shape index (κ2) is 6.50. The van der Waals surface area contributed by atoms with Gasteiger partial charge in [0.2, 0.25) is 0 Å². The molecule has 0 spiro atoms. The number of aliphatic carboxylic acids is 1. The fraction of sp³-hybridized carbons (Fsp3) is 0.667. The van der Waals surface area contributed by atoms with Crippen molar-refractivity contribution >= 4 is 35.4 Å². The number of hydrogen-bond acceptors (Lipinski definition) is 4. The van der Waals surface area contributed by atoms with Gasteiger partial charge in [-0.05, 0) is 0 Å². The Morgan fingerprint density at radius 1 is 1.50 bits per heavy atom. The van der Waals surface area contributed by atoms with E-state index in [4.69, 9.17) is 26.9 Å². The van der Waals surface area contributed by atoms with Crippen molar-refractivity contribution in [2.24, 2.45) is 5.73 Å². The number of nitrogens with two attached hydrogens (primary N) is 1. The number of carboxylic acids is 1. The zero-order chi connectivity index (χ0) is 10.4. The molecular formula is C3H9NO6Se2. The third-order valence-corrected chi connectivity index (χ3v) is 1.34. The average molecular weight is 313 g/mol. The quantitative estimate of drug-likeness (QED) is 0.398. The van der Waals surface area contributed by atoms with Gasteiger partial charge in [-0.1, -0.05) is 0 Å². The molecule has 0 fully saturated rings. The van der Waals surface area contributed by atoms with E-state index >= 15 is 0 Å². The molecule has 74 valence electrons. The van der Waals surface area contributed by atoms with Crippen LogP contribution in [0, 0.1) is 0 Å². The van der Waals surface area contributed by atoms with Gasteiger partial charge in [-0.3, -0.25) is 0 Å². The summed E-state index contributed by atoms with van der Waals surface area (Å²) in [6.45, 7) is 0. The van der Waals surface area contributed by atoms with Crippen molar-refractivity contribution in [2.45, 2.75) is 11.4 Å². The molecule has 0 bridgehead atoms. The van der Waals surface area contributed by atoms with E-state index in [0.29, 0.717) is 5.32 Å². The molecule has 0 amide bonds. The third-order valence-electron chi connectivity index (χ3n) is 0.514. The first-order valence-electron chi connectivity index (χ1n) is 2.47. The van der Waals surface area contributed by atoms with Crippen LogP contribution in [-0.2, 0) is 12.5 Å². The van der Waals surface area contributed by atoms with Crippen LogP contribution >= 0.6 is 0 Å². The van der Waals surface area contributed by atoms with Crippen LogP contribution in [0.15, 0.2) is 0 Å². The average Bonchev–Trinajstić information content (AvgIpc) is 1.82. The van der Waals surface area contributed by atoms with E-state index < -0.39 is 25.4 Å². The van der Waals surface area contributed by atoms with Gasteiger partial charge in [-0.25, -0.2) is 0 Å². The van der Waals surface area contributed by atoms with E-state index in [2.05, 4.69) is 16.0 Å². The predicted molar refractivity (Wildman–Crippen MR) is 39.1 cm³/mol. The fourth-order valence-electron chi connectivity index (χ4n) is 0.0781. The molecule has 12 heavy (non-hydrogen) atoms. The first-order valence-corrected chi connectivity index (χ1v) is 6.73. The summed E-state index contributed by atoms with van der Waals surface area (Å²) >= 11 is -3.12. The van der Waals surface area contributed by atoms with Crippen LogP contribution in [0.2, 0.25) is 5.32 Å². The molecule has 0 radical (unpaired) electrons. The van der Waals surface area contributed by atoms with Gasteiger partial charge in [0.1, 0.15) is 0 Å². The maximum atomic E-state index is 9.80. The Balaban J connectivity index is 0. The first kappa shape index (κ1) is 14.5. The zero-order valence-electron chi connectivity index (χ0n) is 5.78. The molecule has 5 N–H and O–H groups in total. The minimum absolute atomic E-state index is 0.433. The molecule has 0 saturated carbocycles. The van der Waals surface area contributed by atoms with Gasteiger partial charge in [-0.15, -0.1) is 0 Å². The molecule has 1 unspecified atom stereocenters. The van der Waals surface area contributed by atoms with E-state index in [9.17, 15) is 4.79 Å². The third kappa shape index (κ3) is 22.5. The van der Waals surface area contributed by atoms with Gasteiger partial charge in [-0.2, -0.15) is 0 Å². The maximum absolute atomic E-state index is 9.80. The van der Waals surface area contributed by atoms with Crippen molar-refractivity contribution in [2.75, 3.05) is 0 Å². The van der Waals surface area contributed by atoms with E-state index in [1.807, 2.05) is 0 Å². The van der Waals surface area contributed by atoms with Crippen molar-refractivity contribution in [1.82, 2.24) is 0 Å². The van der Waals surface area contributed by atoms with Gasteiger partial charge >= 0.3 is 78.4 Å². The second-order valence-electron chi connectivity index (χ2n) is 1.58. The molecule has 0 aromatic rings. The molecule has 9 heteroatoms. The number of carbonyl (C=O) groups is 1. The molecule has 0 heterocycles. The van der Waals surface area contributed by atoms with Gasteiger partial charge in [0.25, 0.3) is 0 Å². The second-order valence-corrected chi connectivity index (χ2v) is 4.22. The Morgan fingerprint density at radius 3 is 1.75 bits per heavy atom. The number of hydrogen-bond donors (Lipinski definition) is 4. The van der Waals surface area contributed by atoms with E-state index in [1.165, 1.54) is 0 Å². The van der Waals surface area contributed by atoms with E-state index in [0.717, 1.165) is 0 Å². The Labute approximate surface area is 78.7 Å². The Kier molecular flexibility index (Phi) is 7.86. The molecule has 0 aliphatic rings. The zero-order valence-corrected chi connectivity index (χ0v) is 9.37. The van der Waals surface area contributed by atoms with Crippen molar-refractivity contribution in [3.8, 4) is 0 Å². The van der Waals surface area contributed by atoms with Crippen LogP contribution in [-0.4, -0.2) is 54.9 Å². The van der Waals surface area contributed by atoms with Crippen LogP contribution in [0.5, 0.6) is 0 Å². The molecule has 1 atom stereocenters. The molecular weight excluding hydrogens is 304 g/mol. The summed E-state index contributed by atoms with van der Waals surface area (Å²) in [7, 11) is 0. The molecule has 7 nitrogen and oxygen atoms in total. The monoisotopic (exact) mass is 315 g/mol. The van der Waals surface area contributed by atoms with Crippen LogP contribution in [0.1, 0.15) is 0 Å². The first-order chi connectivity index (χ1) is 5.18. The molecule has 0 rings (SSSR count). The summed E-state index contributed by atoms with van der Waals surface area (Å²) in [5.41, 5.74) is 5.00. The van der Waals surface area contributed by atoms with Gasteiger partial charge in [0.15, 0.2) is 0 Å². The van der Waals surface area contributed by atoms with E-state index in [1.54, 1.807) is 0 Å². The molecule has 0 aliphatic heterocycles. The molecule has 0 aromatic carbocycles. The summed E-state index contributed by atoms with van der Waals surface area (Å²) < 4.78 is 31.9. The van der Waals surface area contributed by atoms with Crippen molar-refractivity contribution in [3.63, 3.8) is 0 Å². The summed E-state index contributed by atoms with van der Waals surface area (Å²) in [4.78, 5) is 9.80. The fourth-order valence-corrected chi connectivity index (χ4v) is 0.406. The molecule has 0 saturated heterocycles. The Hall–Kier alpha value is -0.0110. The topological polar surface area (TPSA) is 138 Å². The summed E-state index contributed by atoms with van der Waals surface area (Å²) in [6, 6.07) is -0.708. The van der Waals surface area contributed by atoms with Gasteiger partial charge < -0.3 is 0 Å². The van der Waals surface area contributed by atoms with Crippen LogP contribution in [0.3, 0.4) is 0 Å². The molecule has 0 aliphatic carbocycles. The Bertz CT molecular complexity index is 215. The SMILES string of the molecule is NC(C[SeH])C(=O)O.O=[Se](=O)(O)O. The van der Waals surface area contributed by atoms with Crippen LogP contribution in [0.4, 0.5) is 0 Å². The predicted octanol–water partition coefficient (Wildman–Crippen LogP) is -3.01. The van der Waals surface area contributed by atoms with Crippen LogP contribution in [0.25, 0.3) is 0 Å². The number of carboxylic acid groups (broad SMARTS) is 1. The summed E-state index contributed by atoms with van der Waals surface area (Å²) in [5, 5.41) is 8.48. The van der Waals surface area contributed by atoms with E-state index in [-0.39, 0.29) is 0 Å². The Morgan fingerprint density at radius 2 is 1.75 bits per heavy atom. The summed E-state index contributed by atoms with van der Waals surface area (Å²) in [5.74, 6) is -0.944.